The number of allylic oxidation sites excluding steroid dienone is 2. The predicted molar refractivity (Wildman–Crippen MR) is 55.4 cm³/mol. The van der Waals surface area contributed by atoms with Crippen molar-refractivity contribution in [1.82, 2.24) is 0 Å². The second-order valence-electron chi connectivity index (χ2n) is 2.78. The summed E-state index contributed by atoms with van der Waals surface area (Å²) >= 11 is 0. The van der Waals surface area contributed by atoms with E-state index in [-0.39, 0.29) is 5.76 Å². The van der Waals surface area contributed by atoms with Crippen LogP contribution >= 0.6 is 0 Å². The fraction of sp³-hybridized carbons (Fsp3) is 0.0833. The predicted octanol–water partition coefficient (Wildman–Crippen LogP) is 3.26. The highest BCUT2D eigenvalue weighted by Gasteiger charge is 2.12. The zero-order valence-corrected chi connectivity index (χ0v) is 7.53. The third-order valence-corrected chi connectivity index (χ3v) is 1.82. The monoisotopic (exact) mass is 173 g/mol. The molecule has 1 rings (SSSR count). The molecule has 0 atom stereocenters. The van der Waals surface area contributed by atoms with Gasteiger partial charge in [0.2, 0.25) is 0 Å². The van der Waals surface area contributed by atoms with Gasteiger partial charge in [0.15, 0.2) is 0 Å². The van der Waals surface area contributed by atoms with Crippen LogP contribution in [0.5, 0.6) is 0 Å². The van der Waals surface area contributed by atoms with E-state index in [1.165, 1.54) is 0 Å². The largest absolute Gasteiger partial charge is 0.512 e. The molecule has 0 aliphatic heterocycles. The van der Waals surface area contributed by atoms with Crippen molar-refractivity contribution in [2.75, 3.05) is 0 Å². The molecule has 1 nitrogen and oxygen atoms in total. The Kier molecular flexibility index (Phi) is 3.32. The third kappa shape index (κ3) is 2.48. The maximum Gasteiger partial charge on any atom is 0.0973 e. The number of aliphatic hydroxyl groups is 1. The summed E-state index contributed by atoms with van der Waals surface area (Å²) in [5.41, 5.74) is 0.995. The van der Waals surface area contributed by atoms with Gasteiger partial charge in [-0.05, 0) is 12.0 Å². The Hall–Kier alpha value is -1.50. The molecule has 1 aromatic rings. The Morgan fingerprint density at radius 1 is 1.31 bits per heavy atom. The molecule has 0 aliphatic rings. The van der Waals surface area contributed by atoms with Gasteiger partial charge in [0.05, 0.1) is 11.7 Å². The van der Waals surface area contributed by atoms with Crippen LogP contribution in [0.15, 0.2) is 55.3 Å². The molecule has 0 amide bonds. The van der Waals surface area contributed by atoms with Crippen LogP contribution in [-0.2, 0) is 0 Å². The van der Waals surface area contributed by atoms with E-state index in [1.807, 2.05) is 30.3 Å². The van der Waals surface area contributed by atoms with Gasteiger partial charge in [0.25, 0.3) is 0 Å². The van der Waals surface area contributed by atoms with Crippen LogP contribution in [0.1, 0.15) is 12.0 Å². The van der Waals surface area contributed by atoms with Gasteiger partial charge in [-0.25, -0.2) is 0 Å². The quantitative estimate of drug-likeness (QED) is 0.547. The highest BCUT2D eigenvalue weighted by atomic mass is 16.3. The Balaban J connectivity index is 2.88. The van der Waals surface area contributed by atoms with E-state index in [1.54, 1.807) is 6.08 Å². The minimum absolute atomic E-state index is 0.117. The lowest BCUT2D eigenvalue weighted by molar-refractivity contribution is 0.409. The van der Waals surface area contributed by atoms with Crippen LogP contribution in [0.3, 0.4) is 0 Å². The third-order valence-electron chi connectivity index (χ3n) is 1.82. The molecule has 1 radical (unpaired) electrons. The molecule has 1 N–H and O–H groups in total. The van der Waals surface area contributed by atoms with Crippen LogP contribution in [-0.4, -0.2) is 5.11 Å². The van der Waals surface area contributed by atoms with Crippen molar-refractivity contribution in [2.45, 2.75) is 6.42 Å². The average Bonchev–Trinajstić information content (AvgIpc) is 2.15. The maximum absolute atomic E-state index is 9.32. The summed E-state index contributed by atoms with van der Waals surface area (Å²) in [4.78, 5) is 0. The summed E-state index contributed by atoms with van der Waals surface area (Å²) in [6.45, 7) is 7.16. The second kappa shape index (κ2) is 4.51. The standard InChI is InChI=1S/C12H13O/c1-3-7-12(10(2)13)11-8-5-4-6-9-11/h3-6,8-9,13H,1-2,7H2. The van der Waals surface area contributed by atoms with Crippen molar-refractivity contribution in [1.29, 1.82) is 0 Å². The molecular formula is C12H13O. The first-order chi connectivity index (χ1) is 6.25. The SMILES string of the molecule is C=CC[C](C(=C)O)c1ccccc1. The first-order valence-electron chi connectivity index (χ1n) is 4.16. The first-order valence-corrected chi connectivity index (χ1v) is 4.16. The zero-order valence-electron chi connectivity index (χ0n) is 7.53. The molecule has 0 bridgehead atoms. The Bertz CT molecular complexity index is 287. The lowest BCUT2D eigenvalue weighted by atomic mass is 9.94. The minimum Gasteiger partial charge on any atom is -0.512 e. The summed E-state index contributed by atoms with van der Waals surface area (Å²) in [5.74, 6) is 0.946. The van der Waals surface area contributed by atoms with Crippen LogP contribution in [0, 0.1) is 5.92 Å². The van der Waals surface area contributed by atoms with E-state index >= 15 is 0 Å². The van der Waals surface area contributed by atoms with Crippen molar-refractivity contribution >= 4 is 0 Å². The van der Waals surface area contributed by atoms with E-state index in [4.69, 9.17) is 0 Å². The van der Waals surface area contributed by atoms with Gasteiger partial charge in [-0.2, -0.15) is 0 Å². The van der Waals surface area contributed by atoms with Crippen LogP contribution in [0.4, 0.5) is 0 Å². The summed E-state index contributed by atoms with van der Waals surface area (Å²) in [7, 11) is 0. The molecule has 0 fully saturated rings. The lowest BCUT2D eigenvalue weighted by Crippen LogP contribution is -2.00. The van der Waals surface area contributed by atoms with E-state index in [9.17, 15) is 5.11 Å². The van der Waals surface area contributed by atoms with E-state index in [2.05, 4.69) is 13.2 Å². The van der Waals surface area contributed by atoms with Gasteiger partial charge in [0.1, 0.15) is 0 Å². The minimum atomic E-state index is 0.117. The van der Waals surface area contributed by atoms with Crippen molar-refractivity contribution in [3.63, 3.8) is 0 Å². The molecule has 0 saturated carbocycles. The van der Waals surface area contributed by atoms with Gasteiger partial charge < -0.3 is 5.11 Å². The van der Waals surface area contributed by atoms with E-state index in [0.29, 0.717) is 6.42 Å². The van der Waals surface area contributed by atoms with Gasteiger partial charge in [-0.1, -0.05) is 43.0 Å². The lowest BCUT2D eigenvalue weighted by Gasteiger charge is -2.12. The second-order valence-corrected chi connectivity index (χ2v) is 2.78. The number of rotatable bonds is 4. The topological polar surface area (TPSA) is 20.2 Å². The Labute approximate surface area is 79.0 Å². The Morgan fingerprint density at radius 2 is 1.92 bits per heavy atom. The van der Waals surface area contributed by atoms with Gasteiger partial charge in [0, 0.05) is 0 Å². The summed E-state index contributed by atoms with van der Waals surface area (Å²) < 4.78 is 0. The number of hydrogen-bond acceptors (Lipinski definition) is 1. The maximum atomic E-state index is 9.32. The number of benzene rings is 1. The van der Waals surface area contributed by atoms with Crippen LogP contribution < -0.4 is 0 Å². The van der Waals surface area contributed by atoms with Gasteiger partial charge in [-0.15, -0.1) is 6.58 Å². The molecule has 0 aliphatic carbocycles. The van der Waals surface area contributed by atoms with Crippen LogP contribution in [0.25, 0.3) is 0 Å². The zero-order chi connectivity index (χ0) is 9.68. The number of aliphatic hydroxyl groups excluding tert-OH is 1. The Morgan fingerprint density at radius 3 is 2.38 bits per heavy atom. The normalized spacial score (nSPS) is 9.92. The average molecular weight is 173 g/mol. The van der Waals surface area contributed by atoms with Gasteiger partial charge >= 0.3 is 0 Å². The van der Waals surface area contributed by atoms with Crippen molar-refractivity contribution in [2.24, 2.45) is 0 Å². The molecule has 1 aromatic carbocycles. The van der Waals surface area contributed by atoms with Crippen molar-refractivity contribution in [3.8, 4) is 0 Å². The summed E-state index contributed by atoms with van der Waals surface area (Å²) in [6.07, 6.45) is 2.39. The molecule has 0 unspecified atom stereocenters. The fourth-order valence-corrected chi connectivity index (χ4v) is 1.19. The van der Waals surface area contributed by atoms with E-state index in [0.717, 1.165) is 11.5 Å². The highest BCUT2D eigenvalue weighted by Crippen LogP contribution is 2.23. The summed E-state index contributed by atoms with van der Waals surface area (Å²) in [5, 5.41) is 9.32. The molecule has 0 spiro atoms. The smallest absolute Gasteiger partial charge is 0.0973 e. The molecular weight excluding hydrogens is 160 g/mol. The van der Waals surface area contributed by atoms with Crippen molar-refractivity contribution < 1.29 is 5.11 Å². The van der Waals surface area contributed by atoms with Crippen LogP contribution in [0.2, 0.25) is 0 Å². The van der Waals surface area contributed by atoms with E-state index < -0.39 is 0 Å². The summed E-state index contributed by atoms with van der Waals surface area (Å²) in [6, 6.07) is 9.69. The fourth-order valence-electron chi connectivity index (χ4n) is 1.19. The highest BCUT2D eigenvalue weighted by molar-refractivity contribution is 5.39. The number of hydrogen-bond donors (Lipinski definition) is 1. The molecule has 0 aromatic heterocycles. The first kappa shape index (κ1) is 9.59. The molecule has 67 valence electrons. The molecule has 0 saturated heterocycles. The van der Waals surface area contributed by atoms with Crippen molar-refractivity contribution in [3.05, 3.63) is 66.8 Å². The molecule has 13 heavy (non-hydrogen) atoms. The molecule has 1 heteroatoms. The molecule has 0 heterocycles. The van der Waals surface area contributed by atoms with Gasteiger partial charge in [-0.3, -0.25) is 0 Å².